The zero-order valence-corrected chi connectivity index (χ0v) is 13.6. The summed E-state index contributed by atoms with van der Waals surface area (Å²) >= 11 is 3.40. The van der Waals surface area contributed by atoms with Crippen molar-refractivity contribution in [3.63, 3.8) is 0 Å². The minimum Gasteiger partial charge on any atom is -0.314 e. The molecule has 4 heteroatoms. The van der Waals surface area contributed by atoms with Crippen molar-refractivity contribution in [3.8, 4) is 0 Å². The van der Waals surface area contributed by atoms with Gasteiger partial charge in [0.1, 0.15) is 0 Å². The first-order valence-electron chi connectivity index (χ1n) is 6.62. The fraction of sp³-hybridized carbons (Fsp3) is 0.118. The highest BCUT2D eigenvalue weighted by Crippen LogP contribution is 2.19. The predicted octanol–water partition coefficient (Wildman–Crippen LogP) is 4.86. The molecule has 0 fully saturated rings. The monoisotopic (exact) mass is 344 g/mol. The number of halogens is 1. The summed E-state index contributed by atoms with van der Waals surface area (Å²) in [7, 11) is 0. The lowest BCUT2D eigenvalue weighted by Gasteiger charge is -2.08. The quantitative estimate of drug-likeness (QED) is 0.820. The molecule has 0 saturated heterocycles. The molecule has 2 rings (SSSR count). The van der Waals surface area contributed by atoms with Crippen LogP contribution in [0.15, 0.2) is 53.1 Å². The Kier molecular flexibility index (Phi) is 5.17. The molecule has 3 nitrogen and oxygen atoms in total. The van der Waals surface area contributed by atoms with Gasteiger partial charge in [-0.25, -0.2) is 4.79 Å². The summed E-state index contributed by atoms with van der Waals surface area (Å²) < 4.78 is 0.991. The molecule has 0 aromatic heterocycles. The summed E-state index contributed by atoms with van der Waals surface area (Å²) in [5.41, 5.74) is 4.04. The number of aryl methyl sites for hydroxylation is 2. The molecule has 0 atom stereocenters. The highest BCUT2D eigenvalue weighted by atomic mass is 79.9. The number of hydrogen-bond donors (Lipinski definition) is 2. The number of nitrogens with one attached hydrogen (secondary N) is 2. The largest absolute Gasteiger partial charge is 0.323 e. The van der Waals surface area contributed by atoms with E-state index in [0.29, 0.717) is 0 Å². The molecule has 2 amide bonds. The zero-order chi connectivity index (χ0) is 15.2. The SMILES string of the molecule is Cc1ccccc1/C=C/NC(=O)Nc1ccc(Br)cc1C. The third kappa shape index (κ3) is 4.46. The van der Waals surface area contributed by atoms with Gasteiger partial charge in [-0.15, -0.1) is 0 Å². The molecular weight excluding hydrogens is 328 g/mol. The van der Waals surface area contributed by atoms with Crippen LogP contribution in [0.4, 0.5) is 10.5 Å². The van der Waals surface area contributed by atoms with Gasteiger partial charge in [0.15, 0.2) is 0 Å². The van der Waals surface area contributed by atoms with E-state index >= 15 is 0 Å². The standard InChI is InChI=1S/C17H17BrN2O/c1-12-5-3-4-6-14(12)9-10-19-17(21)20-16-8-7-15(18)11-13(16)2/h3-11H,1-2H3,(H2,19,20,21)/b10-9+. The molecule has 0 saturated carbocycles. The number of carbonyl (C=O) groups excluding carboxylic acids is 1. The molecule has 0 radical (unpaired) electrons. The first-order chi connectivity index (χ1) is 10.1. The van der Waals surface area contributed by atoms with Crippen LogP contribution in [0.1, 0.15) is 16.7 Å². The Morgan fingerprint density at radius 1 is 1.10 bits per heavy atom. The highest BCUT2D eigenvalue weighted by Gasteiger charge is 2.02. The van der Waals surface area contributed by atoms with Crippen LogP contribution in [-0.2, 0) is 0 Å². The van der Waals surface area contributed by atoms with Crippen LogP contribution in [0.5, 0.6) is 0 Å². The fourth-order valence-electron chi connectivity index (χ4n) is 1.91. The molecule has 0 unspecified atom stereocenters. The van der Waals surface area contributed by atoms with Crippen LogP contribution in [0.25, 0.3) is 6.08 Å². The van der Waals surface area contributed by atoms with E-state index in [0.717, 1.165) is 21.3 Å². The molecule has 21 heavy (non-hydrogen) atoms. The third-order valence-corrected chi connectivity index (χ3v) is 3.60. The van der Waals surface area contributed by atoms with Gasteiger partial charge < -0.3 is 10.6 Å². The van der Waals surface area contributed by atoms with E-state index in [9.17, 15) is 4.79 Å². The number of anilines is 1. The molecule has 0 spiro atoms. The van der Waals surface area contributed by atoms with E-state index in [1.165, 1.54) is 5.56 Å². The summed E-state index contributed by atoms with van der Waals surface area (Å²) in [6.07, 6.45) is 3.52. The maximum absolute atomic E-state index is 11.8. The van der Waals surface area contributed by atoms with E-state index in [-0.39, 0.29) is 6.03 Å². The van der Waals surface area contributed by atoms with Crippen molar-refractivity contribution in [1.82, 2.24) is 5.32 Å². The maximum Gasteiger partial charge on any atom is 0.323 e. The van der Waals surface area contributed by atoms with Crippen LogP contribution in [0, 0.1) is 13.8 Å². The van der Waals surface area contributed by atoms with E-state index in [2.05, 4.69) is 26.6 Å². The van der Waals surface area contributed by atoms with Gasteiger partial charge in [-0.3, -0.25) is 0 Å². The predicted molar refractivity (Wildman–Crippen MR) is 91.2 cm³/mol. The van der Waals surface area contributed by atoms with Crippen molar-refractivity contribution in [1.29, 1.82) is 0 Å². The van der Waals surface area contributed by atoms with Gasteiger partial charge in [0.25, 0.3) is 0 Å². The van der Waals surface area contributed by atoms with Gasteiger partial charge >= 0.3 is 6.03 Å². The molecular formula is C17H17BrN2O. The van der Waals surface area contributed by atoms with Gasteiger partial charge in [-0.1, -0.05) is 40.2 Å². The second-order valence-corrected chi connectivity index (χ2v) is 5.66. The van der Waals surface area contributed by atoms with Crippen molar-refractivity contribution in [2.24, 2.45) is 0 Å². The Balaban J connectivity index is 1.95. The van der Waals surface area contributed by atoms with Crippen LogP contribution in [-0.4, -0.2) is 6.03 Å². The molecule has 2 aromatic carbocycles. The molecule has 108 valence electrons. The average Bonchev–Trinajstić information content (AvgIpc) is 2.44. The fourth-order valence-corrected chi connectivity index (χ4v) is 2.38. The van der Waals surface area contributed by atoms with Crippen LogP contribution in [0.2, 0.25) is 0 Å². The van der Waals surface area contributed by atoms with Gasteiger partial charge in [-0.2, -0.15) is 0 Å². The molecule has 0 aliphatic carbocycles. The van der Waals surface area contributed by atoms with Crippen molar-refractivity contribution < 1.29 is 4.79 Å². The van der Waals surface area contributed by atoms with Crippen LogP contribution < -0.4 is 10.6 Å². The normalized spacial score (nSPS) is 10.6. The van der Waals surface area contributed by atoms with Crippen LogP contribution >= 0.6 is 15.9 Å². The molecule has 0 bridgehead atoms. The maximum atomic E-state index is 11.8. The Morgan fingerprint density at radius 3 is 2.57 bits per heavy atom. The van der Waals surface area contributed by atoms with Gasteiger partial charge in [0.05, 0.1) is 0 Å². The summed E-state index contributed by atoms with van der Waals surface area (Å²) in [6.45, 7) is 3.98. The zero-order valence-electron chi connectivity index (χ0n) is 12.0. The number of rotatable bonds is 3. The Labute approximate surface area is 133 Å². The Hall–Kier alpha value is -2.07. The summed E-state index contributed by atoms with van der Waals surface area (Å²) in [5, 5.41) is 5.52. The first kappa shape index (κ1) is 15.3. The third-order valence-electron chi connectivity index (χ3n) is 3.10. The van der Waals surface area contributed by atoms with Gasteiger partial charge in [0, 0.05) is 16.4 Å². The van der Waals surface area contributed by atoms with Gasteiger partial charge in [0.2, 0.25) is 0 Å². The number of carbonyl (C=O) groups is 1. The number of amides is 2. The Bertz CT molecular complexity index is 680. The Morgan fingerprint density at radius 2 is 1.86 bits per heavy atom. The lowest BCUT2D eigenvalue weighted by atomic mass is 10.1. The van der Waals surface area contributed by atoms with Crippen molar-refractivity contribution >= 4 is 33.7 Å². The van der Waals surface area contributed by atoms with Gasteiger partial charge in [-0.05, 0) is 54.8 Å². The topological polar surface area (TPSA) is 41.1 Å². The first-order valence-corrected chi connectivity index (χ1v) is 7.41. The van der Waals surface area contributed by atoms with Crippen molar-refractivity contribution in [2.45, 2.75) is 13.8 Å². The molecule has 0 aliphatic heterocycles. The van der Waals surface area contributed by atoms with Crippen molar-refractivity contribution in [2.75, 3.05) is 5.32 Å². The van der Waals surface area contributed by atoms with E-state index in [4.69, 9.17) is 0 Å². The second kappa shape index (κ2) is 7.09. The minimum absolute atomic E-state index is 0.259. The number of benzene rings is 2. The number of hydrogen-bond acceptors (Lipinski definition) is 1. The minimum atomic E-state index is -0.259. The highest BCUT2D eigenvalue weighted by molar-refractivity contribution is 9.10. The lowest BCUT2D eigenvalue weighted by molar-refractivity contribution is 0.255. The smallest absolute Gasteiger partial charge is 0.314 e. The molecule has 2 N–H and O–H groups in total. The lowest BCUT2D eigenvalue weighted by Crippen LogP contribution is -2.24. The molecule has 0 heterocycles. The van der Waals surface area contributed by atoms with E-state index in [1.807, 2.05) is 62.4 Å². The van der Waals surface area contributed by atoms with E-state index < -0.39 is 0 Å². The van der Waals surface area contributed by atoms with Crippen molar-refractivity contribution in [3.05, 3.63) is 69.8 Å². The molecule has 0 aliphatic rings. The van der Waals surface area contributed by atoms with Crippen LogP contribution in [0.3, 0.4) is 0 Å². The second-order valence-electron chi connectivity index (χ2n) is 4.75. The average molecular weight is 345 g/mol. The number of urea groups is 1. The summed E-state index contributed by atoms with van der Waals surface area (Å²) in [4.78, 5) is 11.8. The van der Waals surface area contributed by atoms with E-state index in [1.54, 1.807) is 6.20 Å². The molecule has 2 aromatic rings. The summed E-state index contributed by atoms with van der Waals surface area (Å²) in [5.74, 6) is 0. The summed E-state index contributed by atoms with van der Waals surface area (Å²) in [6, 6.07) is 13.5.